The van der Waals surface area contributed by atoms with Crippen molar-refractivity contribution < 1.29 is 9.21 Å². The minimum Gasteiger partial charge on any atom is -0.469 e. The molecule has 1 unspecified atom stereocenters. The van der Waals surface area contributed by atoms with Crippen LogP contribution >= 0.6 is 0 Å². The molecule has 15 heavy (non-hydrogen) atoms. The molecule has 1 aromatic rings. The van der Waals surface area contributed by atoms with E-state index in [1.165, 1.54) is 6.26 Å². The molecule has 0 bridgehead atoms. The minimum absolute atomic E-state index is 0.0778. The van der Waals surface area contributed by atoms with Crippen molar-refractivity contribution >= 4 is 5.91 Å². The fourth-order valence-corrected chi connectivity index (χ4v) is 1.34. The first-order valence-corrected chi connectivity index (χ1v) is 5.19. The van der Waals surface area contributed by atoms with Gasteiger partial charge >= 0.3 is 0 Å². The molecule has 0 spiro atoms. The van der Waals surface area contributed by atoms with Gasteiger partial charge in [-0.2, -0.15) is 0 Å². The molecule has 1 amide bonds. The van der Waals surface area contributed by atoms with Crippen LogP contribution < -0.4 is 11.1 Å². The standard InChI is InChI=1S/C11H18N2O2/c1-8(12)4-3-6-13-11(14)10-5-7-15-9(10)2/h5,7-8H,3-4,6,12H2,1-2H3,(H,13,14). The Morgan fingerprint density at radius 3 is 2.93 bits per heavy atom. The molecular formula is C11H18N2O2. The molecule has 1 rings (SSSR count). The van der Waals surface area contributed by atoms with Crippen molar-refractivity contribution in [3.63, 3.8) is 0 Å². The summed E-state index contributed by atoms with van der Waals surface area (Å²) in [5, 5.41) is 2.83. The SMILES string of the molecule is Cc1occc1C(=O)NCCCC(C)N. The molecular weight excluding hydrogens is 192 g/mol. The molecule has 1 heterocycles. The van der Waals surface area contributed by atoms with E-state index in [2.05, 4.69) is 5.32 Å². The van der Waals surface area contributed by atoms with Gasteiger partial charge < -0.3 is 15.5 Å². The minimum atomic E-state index is -0.0778. The molecule has 0 fully saturated rings. The van der Waals surface area contributed by atoms with Crippen molar-refractivity contribution in [1.29, 1.82) is 0 Å². The Morgan fingerprint density at radius 1 is 1.67 bits per heavy atom. The number of nitrogens with two attached hydrogens (primary N) is 1. The van der Waals surface area contributed by atoms with E-state index >= 15 is 0 Å². The van der Waals surface area contributed by atoms with Crippen LogP contribution in [0.2, 0.25) is 0 Å². The molecule has 3 N–H and O–H groups in total. The molecule has 0 saturated carbocycles. The van der Waals surface area contributed by atoms with Crippen LogP contribution in [0.1, 0.15) is 35.9 Å². The fraction of sp³-hybridized carbons (Fsp3) is 0.545. The zero-order valence-electron chi connectivity index (χ0n) is 9.25. The number of carbonyl (C=O) groups excluding carboxylic acids is 1. The monoisotopic (exact) mass is 210 g/mol. The normalized spacial score (nSPS) is 12.5. The molecule has 1 atom stereocenters. The average Bonchev–Trinajstić information content (AvgIpc) is 2.58. The van der Waals surface area contributed by atoms with Crippen LogP contribution in [0.4, 0.5) is 0 Å². The maximum absolute atomic E-state index is 11.6. The summed E-state index contributed by atoms with van der Waals surface area (Å²) in [7, 11) is 0. The van der Waals surface area contributed by atoms with Gasteiger partial charge in [-0.25, -0.2) is 0 Å². The number of hydrogen-bond acceptors (Lipinski definition) is 3. The van der Waals surface area contributed by atoms with Crippen molar-refractivity contribution in [2.75, 3.05) is 6.54 Å². The molecule has 0 aromatic carbocycles. The number of aryl methyl sites for hydroxylation is 1. The predicted octanol–water partition coefficient (Wildman–Crippen LogP) is 1.45. The van der Waals surface area contributed by atoms with Crippen LogP contribution in [0.15, 0.2) is 16.7 Å². The third-order valence-electron chi connectivity index (χ3n) is 2.23. The van der Waals surface area contributed by atoms with Gasteiger partial charge in [0.2, 0.25) is 0 Å². The Bertz CT molecular complexity index is 318. The highest BCUT2D eigenvalue weighted by atomic mass is 16.3. The van der Waals surface area contributed by atoms with Gasteiger partial charge in [0.05, 0.1) is 11.8 Å². The second-order valence-corrected chi connectivity index (χ2v) is 3.77. The molecule has 84 valence electrons. The molecule has 0 radical (unpaired) electrons. The fourth-order valence-electron chi connectivity index (χ4n) is 1.34. The van der Waals surface area contributed by atoms with Gasteiger partial charge in [-0.15, -0.1) is 0 Å². The highest BCUT2D eigenvalue weighted by Gasteiger charge is 2.09. The summed E-state index contributed by atoms with van der Waals surface area (Å²) in [6.45, 7) is 4.39. The zero-order valence-corrected chi connectivity index (χ0v) is 9.25. The number of rotatable bonds is 5. The van der Waals surface area contributed by atoms with E-state index in [4.69, 9.17) is 10.2 Å². The topological polar surface area (TPSA) is 68.3 Å². The van der Waals surface area contributed by atoms with Crippen molar-refractivity contribution in [1.82, 2.24) is 5.32 Å². The van der Waals surface area contributed by atoms with Gasteiger partial charge in [0.15, 0.2) is 0 Å². The van der Waals surface area contributed by atoms with Crippen LogP contribution in [0, 0.1) is 6.92 Å². The number of amides is 1. The molecule has 0 saturated heterocycles. The maximum atomic E-state index is 11.6. The van der Waals surface area contributed by atoms with E-state index in [0.717, 1.165) is 12.8 Å². The van der Waals surface area contributed by atoms with Gasteiger partial charge in [0.25, 0.3) is 5.91 Å². The first kappa shape index (κ1) is 11.8. The first-order chi connectivity index (χ1) is 7.11. The van der Waals surface area contributed by atoms with E-state index < -0.39 is 0 Å². The van der Waals surface area contributed by atoms with Gasteiger partial charge in [-0.1, -0.05) is 0 Å². The Hall–Kier alpha value is -1.29. The number of furan rings is 1. The predicted molar refractivity (Wildman–Crippen MR) is 58.7 cm³/mol. The largest absolute Gasteiger partial charge is 0.469 e. The van der Waals surface area contributed by atoms with Crippen molar-refractivity contribution in [3.05, 3.63) is 23.7 Å². The summed E-state index contributed by atoms with van der Waals surface area (Å²) in [5.74, 6) is 0.575. The second-order valence-electron chi connectivity index (χ2n) is 3.77. The summed E-state index contributed by atoms with van der Waals surface area (Å²) in [5.41, 5.74) is 6.21. The molecule has 0 aliphatic heterocycles. The summed E-state index contributed by atoms with van der Waals surface area (Å²) in [6, 6.07) is 1.87. The van der Waals surface area contributed by atoms with Crippen LogP contribution in [0.25, 0.3) is 0 Å². The van der Waals surface area contributed by atoms with Crippen LogP contribution in [0.3, 0.4) is 0 Å². The number of carbonyl (C=O) groups is 1. The third-order valence-corrected chi connectivity index (χ3v) is 2.23. The Morgan fingerprint density at radius 2 is 2.40 bits per heavy atom. The van der Waals surface area contributed by atoms with E-state index in [9.17, 15) is 4.79 Å². The molecule has 4 heteroatoms. The van der Waals surface area contributed by atoms with E-state index in [1.54, 1.807) is 13.0 Å². The van der Waals surface area contributed by atoms with Crippen LogP contribution in [0.5, 0.6) is 0 Å². The lowest BCUT2D eigenvalue weighted by Crippen LogP contribution is -2.26. The quantitative estimate of drug-likeness (QED) is 0.723. The van der Waals surface area contributed by atoms with Crippen molar-refractivity contribution in [2.45, 2.75) is 32.7 Å². The number of nitrogens with one attached hydrogen (secondary N) is 1. The summed E-state index contributed by atoms with van der Waals surface area (Å²) < 4.78 is 5.05. The molecule has 4 nitrogen and oxygen atoms in total. The summed E-state index contributed by atoms with van der Waals surface area (Å²) in [4.78, 5) is 11.6. The average molecular weight is 210 g/mol. The molecule has 0 aliphatic carbocycles. The van der Waals surface area contributed by atoms with Crippen LogP contribution in [-0.4, -0.2) is 18.5 Å². The number of hydrogen-bond donors (Lipinski definition) is 2. The molecule has 1 aromatic heterocycles. The first-order valence-electron chi connectivity index (χ1n) is 5.19. The smallest absolute Gasteiger partial charge is 0.254 e. The van der Waals surface area contributed by atoms with Gasteiger partial charge in [-0.05, 0) is 32.8 Å². The van der Waals surface area contributed by atoms with Crippen LogP contribution in [-0.2, 0) is 0 Å². The van der Waals surface area contributed by atoms with E-state index in [-0.39, 0.29) is 11.9 Å². The highest BCUT2D eigenvalue weighted by molar-refractivity contribution is 5.94. The highest BCUT2D eigenvalue weighted by Crippen LogP contribution is 2.07. The van der Waals surface area contributed by atoms with Gasteiger partial charge in [0.1, 0.15) is 5.76 Å². The lowest BCUT2D eigenvalue weighted by Gasteiger charge is -2.06. The van der Waals surface area contributed by atoms with Crippen molar-refractivity contribution in [3.8, 4) is 0 Å². The lowest BCUT2D eigenvalue weighted by atomic mass is 10.2. The second kappa shape index (κ2) is 5.56. The van der Waals surface area contributed by atoms with E-state index in [1.807, 2.05) is 6.92 Å². The Labute approximate surface area is 89.8 Å². The Kier molecular flexibility index (Phi) is 4.37. The molecule has 0 aliphatic rings. The maximum Gasteiger partial charge on any atom is 0.254 e. The summed E-state index contributed by atoms with van der Waals surface area (Å²) in [6.07, 6.45) is 3.34. The lowest BCUT2D eigenvalue weighted by molar-refractivity contribution is 0.0951. The zero-order chi connectivity index (χ0) is 11.3. The van der Waals surface area contributed by atoms with Gasteiger partial charge in [0, 0.05) is 12.6 Å². The van der Waals surface area contributed by atoms with Crippen molar-refractivity contribution in [2.24, 2.45) is 5.73 Å². The van der Waals surface area contributed by atoms with E-state index in [0.29, 0.717) is 17.9 Å². The van der Waals surface area contributed by atoms with Gasteiger partial charge in [-0.3, -0.25) is 4.79 Å². The Balaban J connectivity index is 2.28. The third kappa shape index (κ3) is 3.75. The summed E-state index contributed by atoms with van der Waals surface area (Å²) >= 11 is 0.